The molecule has 5 rings (SSSR count). The van der Waals surface area contributed by atoms with Crippen molar-refractivity contribution in [3.05, 3.63) is 131 Å². The van der Waals surface area contributed by atoms with Crippen molar-refractivity contribution < 1.29 is 4.74 Å². The summed E-state index contributed by atoms with van der Waals surface area (Å²) in [5.41, 5.74) is 7.21. The van der Waals surface area contributed by atoms with E-state index in [-0.39, 0.29) is 5.92 Å². The Morgan fingerprint density at radius 1 is 0.743 bits per heavy atom. The summed E-state index contributed by atoms with van der Waals surface area (Å²) in [5.74, 6) is 2.16. The molecular weight excluding hydrogens is 428 g/mol. The minimum Gasteiger partial charge on any atom is -0.493 e. The first-order valence-electron chi connectivity index (χ1n) is 12.5. The SMILES string of the molecule is Cc1ccc(OCCCCn2c(C(c3ccccc3)c3ccccc3)nc3ccccc32)c(C)c1. The van der Waals surface area contributed by atoms with Gasteiger partial charge in [0.05, 0.1) is 23.6 Å². The number of ether oxygens (including phenoxy) is 1. The molecule has 0 bridgehead atoms. The Bertz CT molecular complexity index is 1350. The topological polar surface area (TPSA) is 27.1 Å². The highest BCUT2D eigenvalue weighted by Gasteiger charge is 2.23. The average Bonchev–Trinajstić information content (AvgIpc) is 3.24. The molecule has 176 valence electrons. The number of aromatic nitrogens is 2. The van der Waals surface area contributed by atoms with Gasteiger partial charge < -0.3 is 9.30 Å². The number of hydrogen-bond acceptors (Lipinski definition) is 2. The van der Waals surface area contributed by atoms with Crippen molar-refractivity contribution in [2.75, 3.05) is 6.61 Å². The number of unbranched alkanes of at least 4 members (excludes halogenated alkanes) is 1. The molecule has 0 fully saturated rings. The molecule has 0 unspecified atom stereocenters. The van der Waals surface area contributed by atoms with E-state index in [4.69, 9.17) is 9.72 Å². The lowest BCUT2D eigenvalue weighted by Gasteiger charge is -2.20. The number of nitrogens with zero attached hydrogens (tertiary/aromatic N) is 2. The summed E-state index contributed by atoms with van der Waals surface area (Å²) in [7, 11) is 0. The first-order valence-corrected chi connectivity index (χ1v) is 12.5. The normalized spacial score (nSPS) is 11.3. The molecule has 3 heteroatoms. The molecule has 0 amide bonds. The molecule has 0 spiro atoms. The fourth-order valence-electron chi connectivity index (χ4n) is 4.85. The van der Waals surface area contributed by atoms with Crippen molar-refractivity contribution in [1.29, 1.82) is 0 Å². The van der Waals surface area contributed by atoms with Gasteiger partial charge >= 0.3 is 0 Å². The monoisotopic (exact) mass is 460 g/mol. The molecule has 4 aromatic carbocycles. The van der Waals surface area contributed by atoms with E-state index in [2.05, 4.69) is 122 Å². The summed E-state index contributed by atoms with van der Waals surface area (Å²) in [4.78, 5) is 5.16. The highest BCUT2D eigenvalue weighted by molar-refractivity contribution is 5.76. The smallest absolute Gasteiger partial charge is 0.122 e. The molecule has 0 aliphatic heterocycles. The van der Waals surface area contributed by atoms with Gasteiger partial charge in [0, 0.05) is 6.54 Å². The zero-order valence-corrected chi connectivity index (χ0v) is 20.5. The molecule has 0 radical (unpaired) electrons. The van der Waals surface area contributed by atoms with Crippen molar-refractivity contribution in [2.45, 2.75) is 39.2 Å². The van der Waals surface area contributed by atoms with Gasteiger partial charge in [-0.1, -0.05) is 90.5 Å². The van der Waals surface area contributed by atoms with Crippen LogP contribution in [-0.2, 0) is 6.54 Å². The molecule has 0 saturated heterocycles. The van der Waals surface area contributed by atoms with Crippen molar-refractivity contribution in [2.24, 2.45) is 0 Å². The standard InChI is InChI=1S/C32H32N2O/c1-24-19-20-30(25(2)23-24)35-22-12-11-21-34-29-18-10-9-17-28(29)33-32(34)31(26-13-5-3-6-14-26)27-15-7-4-8-16-27/h3-10,13-20,23,31H,11-12,21-22H2,1-2H3. The van der Waals surface area contributed by atoms with Crippen LogP contribution >= 0.6 is 0 Å². The van der Waals surface area contributed by atoms with E-state index < -0.39 is 0 Å². The van der Waals surface area contributed by atoms with Crippen molar-refractivity contribution in [1.82, 2.24) is 9.55 Å². The Labute approximate surface area is 208 Å². The first-order chi connectivity index (χ1) is 17.2. The van der Waals surface area contributed by atoms with E-state index in [0.29, 0.717) is 6.61 Å². The highest BCUT2D eigenvalue weighted by atomic mass is 16.5. The molecule has 0 saturated carbocycles. The predicted molar refractivity (Wildman–Crippen MR) is 144 cm³/mol. The Morgan fingerprint density at radius 2 is 1.40 bits per heavy atom. The molecular formula is C32H32N2O. The Kier molecular flexibility index (Phi) is 6.94. The number of para-hydroxylation sites is 2. The Hall–Kier alpha value is -3.85. The van der Waals surface area contributed by atoms with E-state index in [1.165, 1.54) is 27.8 Å². The summed E-state index contributed by atoms with van der Waals surface area (Å²) in [6.45, 7) is 5.84. The van der Waals surface area contributed by atoms with E-state index >= 15 is 0 Å². The summed E-state index contributed by atoms with van der Waals surface area (Å²) in [6, 6.07) is 36.3. The fraction of sp³-hybridized carbons (Fsp3) is 0.219. The van der Waals surface area contributed by atoms with Crippen LogP contribution in [0.4, 0.5) is 0 Å². The van der Waals surface area contributed by atoms with Crippen LogP contribution in [0, 0.1) is 13.8 Å². The second-order valence-corrected chi connectivity index (χ2v) is 9.19. The van der Waals surface area contributed by atoms with E-state index in [1.54, 1.807) is 0 Å². The maximum atomic E-state index is 6.09. The molecule has 3 nitrogen and oxygen atoms in total. The van der Waals surface area contributed by atoms with Crippen molar-refractivity contribution >= 4 is 11.0 Å². The fourth-order valence-corrected chi connectivity index (χ4v) is 4.85. The summed E-state index contributed by atoms with van der Waals surface area (Å²) < 4.78 is 8.50. The lowest BCUT2D eigenvalue weighted by atomic mass is 9.90. The van der Waals surface area contributed by atoms with E-state index in [9.17, 15) is 0 Å². The lowest BCUT2D eigenvalue weighted by molar-refractivity contribution is 0.301. The van der Waals surface area contributed by atoms with Crippen LogP contribution < -0.4 is 4.74 Å². The molecule has 0 N–H and O–H groups in total. The third-order valence-corrected chi connectivity index (χ3v) is 6.57. The lowest BCUT2D eigenvalue weighted by Crippen LogP contribution is -2.13. The van der Waals surface area contributed by atoms with Gasteiger partial charge in [-0.2, -0.15) is 0 Å². The molecule has 1 heterocycles. The van der Waals surface area contributed by atoms with Crippen LogP contribution in [-0.4, -0.2) is 16.2 Å². The number of aryl methyl sites for hydroxylation is 3. The van der Waals surface area contributed by atoms with Gasteiger partial charge in [0.25, 0.3) is 0 Å². The molecule has 0 aliphatic rings. The average molecular weight is 461 g/mol. The second-order valence-electron chi connectivity index (χ2n) is 9.19. The summed E-state index contributed by atoms with van der Waals surface area (Å²) >= 11 is 0. The zero-order chi connectivity index (χ0) is 24.0. The van der Waals surface area contributed by atoms with Gasteiger partial charge in [-0.25, -0.2) is 4.98 Å². The molecule has 35 heavy (non-hydrogen) atoms. The third kappa shape index (κ3) is 5.14. The molecule has 0 aliphatic carbocycles. The first kappa shape index (κ1) is 22.9. The number of imidazole rings is 1. The van der Waals surface area contributed by atoms with Gasteiger partial charge in [0.2, 0.25) is 0 Å². The van der Waals surface area contributed by atoms with E-state index in [0.717, 1.165) is 36.5 Å². The highest BCUT2D eigenvalue weighted by Crippen LogP contribution is 2.33. The van der Waals surface area contributed by atoms with Crippen LogP contribution in [0.1, 0.15) is 46.8 Å². The van der Waals surface area contributed by atoms with Gasteiger partial charge in [-0.15, -0.1) is 0 Å². The maximum Gasteiger partial charge on any atom is 0.122 e. The predicted octanol–water partition coefficient (Wildman–Crippen LogP) is 7.69. The molecule has 1 aromatic heterocycles. The van der Waals surface area contributed by atoms with Crippen LogP contribution in [0.25, 0.3) is 11.0 Å². The van der Waals surface area contributed by atoms with Gasteiger partial charge in [0.15, 0.2) is 0 Å². The Balaban J connectivity index is 1.40. The van der Waals surface area contributed by atoms with Gasteiger partial charge in [-0.05, 0) is 61.6 Å². The summed E-state index contributed by atoms with van der Waals surface area (Å²) in [5, 5.41) is 0. The van der Waals surface area contributed by atoms with Crippen molar-refractivity contribution in [3.8, 4) is 5.75 Å². The minimum atomic E-state index is 0.0799. The number of hydrogen-bond donors (Lipinski definition) is 0. The maximum absolute atomic E-state index is 6.09. The van der Waals surface area contributed by atoms with Crippen LogP contribution in [0.15, 0.2) is 103 Å². The van der Waals surface area contributed by atoms with Gasteiger partial charge in [-0.3, -0.25) is 0 Å². The second kappa shape index (κ2) is 10.6. The third-order valence-electron chi connectivity index (χ3n) is 6.57. The molecule has 5 aromatic rings. The largest absolute Gasteiger partial charge is 0.493 e. The Morgan fingerprint density at radius 3 is 2.09 bits per heavy atom. The molecule has 0 atom stereocenters. The summed E-state index contributed by atoms with van der Waals surface area (Å²) in [6.07, 6.45) is 2.01. The van der Waals surface area contributed by atoms with Gasteiger partial charge in [0.1, 0.15) is 11.6 Å². The number of benzene rings is 4. The number of rotatable bonds is 9. The van der Waals surface area contributed by atoms with Crippen LogP contribution in [0.2, 0.25) is 0 Å². The minimum absolute atomic E-state index is 0.0799. The van der Waals surface area contributed by atoms with Crippen LogP contribution in [0.3, 0.4) is 0 Å². The van der Waals surface area contributed by atoms with Crippen molar-refractivity contribution in [3.63, 3.8) is 0 Å². The number of fused-ring (bicyclic) bond motifs is 1. The van der Waals surface area contributed by atoms with Crippen LogP contribution in [0.5, 0.6) is 5.75 Å². The quantitative estimate of drug-likeness (QED) is 0.211. The zero-order valence-electron chi connectivity index (χ0n) is 20.5. The van der Waals surface area contributed by atoms with E-state index in [1.807, 2.05) is 0 Å².